The Labute approximate surface area is 93.0 Å². The predicted octanol–water partition coefficient (Wildman–Crippen LogP) is 3.63. The molecule has 0 bridgehead atoms. The summed E-state index contributed by atoms with van der Waals surface area (Å²) >= 11 is 0. The van der Waals surface area contributed by atoms with Gasteiger partial charge in [0.2, 0.25) is 0 Å². The van der Waals surface area contributed by atoms with Crippen molar-refractivity contribution < 1.29 is 9.53 Å². The lowest BCUT2D eigenvalue weighted by molar-refractivity contribution is -0.143. The van der Waals surface area contributed by atoms with Crippen molar-refractivity contribution in [3.63, 3.8) is 0 Å². The highest BCUT2D eigenvalue weighted by Crippen LogP contribution is 2.08. The van der Waals surface area contributed by atoms with Crippen LogP contribution in [0.15, 0.2) is 23.3 Å². The van der Waals surface area contributed by atoms with Crippen LogP contribution in [-0.2, 0) is 9.53 Å². The van der Waals surface area contributed by atoms with Crippen LogP contribution in [0.2, 0.25) is 0 Å². The molecular formula is C13H22O2. The molecule has 0 saturated carbocycles. The van der Waals surface area contributed by atoms with E-state index in [2.05, 4.69) is 26.8 Å². The first kappa shape index (κ1) is 13.9. The van der Waals surface area contributed by atoms with Crippen molar-refractivity contribution >= 4 is 5.97 Å². The molecule has 0 unspecified atom stereocenters. The second-order valence-electron chi connectivity index (χ2n) is 4.15. The third-order valence-electron chi connectivity index (χ3n) is 1.96. The van der Waals surface area contributed by atoms with Crippen LogP contribution in [0.3, 0.4) is 0 Å². The molecule has 0 amide bonds. The average Bonchev–Trinajstić information content (AvgIpc) is 2.00. The first-order chi connectivity index (χ1) is 6.91. The number of allylic oxidation sites excluding steroid dienone is 3. The molecule has 15 heavy (non-hydrogen) atoms. The molecule has 2 nitrogen and oxygen atoms in total. The van der Waals surface area contributed by atoms with Crippen molar-refractivity contribution in [1.29, 1.82) is 0 Å². The van der Waals surface area contributed by atoms with Crippen molar-refractivity contribution in [2.45, 2.75) is 53.6 Å². The van der Waals surface area contributed by atoms with E-state index in [0.29, 0.717) is 0 Å². The summed E-state index contributed by atoms with van der Waals surface area (Å²) in [7, 11) is 0. The lowest BCUT2D eigenvalue weighted by Crippen LogP contribution is -2.09. The number of carbonyl (C=O) groups excluding carboxylic acids is 1. The minimum atomic E-state index is -0.226. The van der Waals surface area contributed by atoms with E-state index < -0.39 is 0 Å². The normalized spacial score (nSPS) is 13.3. The second kappa shape index (κ2) is 7.27. The molecule has 0 aliphatic heterocycles. The Morgan fingerprint density at radius 1 is 1.27 bits per heavy atom. The van der Waals surface area contributed by atoms with Gasteiger partial charge in [0.1, 0.15) is 6.10 Å². The van der Waals surface area contributed by atoms with Gasteiger partial charge in [-0.2, -0.15) is 0 Å². The first-order valence-electron chi connectivity index (χ1n) is 5.39. The average molecular weight is 210 g/mol. The summed E-state index contributed by atoms with van der Waals surface area (Å²) < 4.78 is 5.02. The van der Waals surface area contributed by atoms with E-state index in [4.69, 9.17) is 4.74 Å². The predicted molar refractivity (Wildman–Crippen MR) is 63.7 cm³/mol. The fraction of sp³-hybridized carbons (Fsp3) is 0.615. The molecule has 0 fully saturated rings. The monoisotopic (exact) mass is 210 g/mol. The van der Waals surface area contributed by atoms with Gasteiger partial charge < -0.3 is 4.74 Å². The molecule has 0 aromatic heterocycles. The quantitative estimate of drug-likeness (QED) is 0.511. The molecule has 1 atom stereocenters. The van der Waals surface area contributed by atoms with Crippen LogP contribution in [-0.4, -0.2) is 12.1 Å². The number of esters is 1. The Bertz CT molecular complexity index is 258. The van der Waals surface area contributed by atoms with Gasteiger partial charge in [-0.15, -0.1) is 0 Å². The number of rotatable bonds is 5. The number of hydrogen-bond donors (Lipinski definition) is 0. The molecule has 0 heterocycles. The SMILES string of the molecule is CC(=O)O[C@H](C)C=C(C)CCC=C(C)C. The summed E-state index contributed by atoms with van der Waals surface area (Å²) in [5, 5.41) is 0. The molecule has 0 N–H and O–H groups in total. The van der Waals surface area contributed by atoms with Gasteiger partial charge in [-0.3, -0.25) is 4.79 Å². The minimum Gasteiger partial charge on any atom is -0.459 e. The molecule has 0 aliphatic carbocycles. The Hall–Kier alpha value is -1.05. The van der Waals surface area contributed by atoms with Crippen LogP contribution in [0.1, 0.15) is 47.5 Å². The molecule has 2 heteroatoms. The van der Waals surface area contributed by atoms with Crippen LogP contribution in [0.25, 0.3) is 0 Å². The summed E-state index contributed by atoms with van der Waals surface area (Å²) in [5.41, 5.74) is 2.61. The van der Waals surface area contributed by atoms with Crippen molar-refractivity contribution in [1.82, 2.24) is 0 Å². The molecule has 0 aliphatic rings. The lowest BCUT2D eigenvalue weighted by Gasteiger charge is -2.08. The number of hydrogen-bond acceptors (Lipinski definition) is 2. The highest BCUT2D eigenvalue weighted by Gasteiger charge is 2.01. The number of carbonyl (C=O) groups is 1. The molecular weight excluding hydrogens is 188 g/mol. The van der Waals surface area contributed by atoms with Gasteiger partial charge in [0, 0.05) is 6.92 Å². The fourth-order valence-corrected chi connectivity index (χ4v) is 1.37. The van der Waals surface area contributed by atoms with Crippen LogP contribution in [0.5, 0.6) is 0 Å². The topological polar surface area (TPSA) is 26.3 Å². The number of ether oxygens (including phenoxy) is 1. The summed E-state index contributed by atoms with van der Waals surface area (Å²) in [6.07, 6.45) is 6.18. The molecule has 0 aromatic rings. The van der Waals surface area contributed by atoms with Crippen molar-refractivity contribution in [3.05, 3.63) is 23.3 Å². The van der Waals surface area contributed by atoms with Crippen LogP contribution < -0.4 is 0 Å². The third-order valence-corrected chi connectivity index (χ3v) is 1.96. The maximum Gasteiger partial charge on any atom is 0.303 e. The van der Waals surface area contributed by atoms with E-state index in [1.807, 2.05) is 13.0 Å². The summed E-state index contributed by atoms with van der Waals surface area (Å²) in [4.78, 5) is 10.7. The summed E-state index contributed by atoms with van der Waals surface area (Å²) in [5.74, 6) is -0.226. The maximum absolute atomic E-state index is 10.7. The lowest BCUT2D eigenvalue weighted by atomic mass is 10.1. The van der Waals surface area contributed by atoms with Gasteiger partial charge >= 0.3 is 5.97 Å². The zero-order valence-corrected chi connectivity index (χ0v) is 10.5. The van der Waals surface area contributed by atoms with E-state index in [1.165, 1.54) is 18.1 Å². The molecule has 0 rings (SSSR count). The molecule has 86 valence electrons. The van der Waals surface area contributed by atoms with Gasteiger partial charge in [-0.25, -0.2) is 0 Å². The van der Waals surface area contributed by atoms with Gasteiger partial charge in [0.05, 0.1) is 0 Å². The van der Waals surface area contributed by atoms with E-state index in [9.17, 15) is 4.79 Å². The highest BCUT2D eigenvalue weighted by molar-refractivity contribution is 5.66. The van der Waals surface area contributed by atoms with Gasteiger partial charge in [0.15, 0.2) is 0 Å². The summed E-state index contributed by atoms with van der Waals surface area (Å²) in [6.45, 7) is 9.58. The van der Waals surface area contributed by atoms with Crippen LogP contribution in [0, 0.1) is 0 Å². The van der Waals surface area contributed by atoms with E-state index >= 15 is 0 Å². The first-order valence-corrected chi connectivity index (χ1v) is 5.39. The largest absolute Gasteiger partial charge is 0.459 e. The minimum absolute atomic E-state index is 0.116. The second-order valence-corrected chi connectivity index (χ2v) is 4.15. The van der Waals surface area contributed by atoms with Crippen molar-refractivity contribution in [2.75, 3.05) is 0 Å². The smallest absolute Gasteiger partial charge is 0.303 e. The Morgan fingerprint density at radius 2 is 1.87 bits per heavy atom. The van der Waals surface area contributed by atoms with Crippen molar-refractivity contribution in [2.24, 2.45) is 0 Å². The highest BCUT2D eigenvalue weighted by atomic mass is 16.5. The zero-order valence-electron chi connectivity index (χ0n) is 10.5. The maximum atomic E-state index is 10.7. The Balaban J connectivity index is 3.97. The fourth-order valence-electron chi connectivity index (χ4n) is 1.37. The molecule has 0 radical (unpaired) electrons. The Morgan fingerprint density at radius 3 is 2.33 bits per heavy atom. The zero-order chi connectivity index (χ0) is 11.8. The third kappa shape index (κ3) is 9.26. The van der Waals surface area contributed by atoms with Crippen LogP contribution in [0.4, 0.5) is 0 Å². The van der Waals surface area contributed by atoms with E-state index in [0.717, 1.165) is 12.8 Å². The summed E-state index contributed by atoms with van der Waals surface area (Å²) in [6, 6.07) is 0. The van der Waals surface area contributed by atoms with E-state index in [1.54, 1.807) is 0 Å². The van der Waals surface area contributed by atoms with Gasteiger partial charge in [0.25, 0.3) is 0 Å². The van der Waals surface area contributed by atoms with E-state index in [-0.39, 0.29) is 12.1 Å². The molecule has 0 spiro atoms. The Kier molecular flexibility index (Phi) is 6.76. The van der Waals surface area contributed by atoms with Crippen molar-refractivity contribution in [3.8, 4) is 0 Å². The molecule has 0 saturated heterocycles. The van der Waals surface area contributed by atoms with Gasteiger partial charge in [-0.05, 0) is 46.6 Å². The standard InChI is InChI=1S/C13H22O2/c1-10(2)7-6-8-11(3)9-12(4)15-13(5)14/h7,9,12H,6,8H2,1-5H3/t12-/m1/s1. The molecule has 0 aromatic carbocycles. The van der Waals surface area contributed by atoms with Gasteiger partial charge in [-0.1, -0.05) is 17.2 Å². The van der Waals surface area contributed by atoms with Crippen LogP contribution >= 0.6 is 0 Å².